The molecule has 0 saturated carbocycles. The number of rotatable bonds is 2. The molecule has 0 nitrogen and oxygen atoms in total. The molecule has 0 aliphatic carbocycles. The first-order chi connectivity index (χ1) is 24.3. The molecule has 0 spiro atoms. The summed E-state index contributed by atoms with van der Waals surface area (Å²) in [5.74, 6) is 0. The number of aryl methyl sites for hydroxylation is 4. The molecule has 6 aromatic rings. The molecule has 0 fully saturated rings. The van der Waals surface area contributed by atoms with Crippen LogP contribution in [0.15, 0.2) is 84.9 Å². The van der Waals surface area contributed by atoms with Crippen LogP contribution < -0.4 is 0 Å². The van der Waals surface area contributed by atoms with Crippen LogP contribution in [0.3, 0.4) is 0 Å². The number of hydrogen-bond donors (Lipinski definition) is 0. The molecule has 284 valence electrons. The van der Waals surface area contributed by atoms with Gasteiger partial charge >= 0.3 is 26.2 Å². The zero-order chi connectivity index (χ0) is 39.8. The van der Waals surface area contributed by atoms with E-state index in [-0.39, 0.29) is 47.9 Å². The van der Waals surface area contributed by atoms with Crippen molar-refractivity contribution in [2.24, 2.45) is 0 Å². The molecule has 0 amide bonds. The van der Waals surface area contributed by atoms with E-state index in [0.717, 1.165) is 9.52 Å². The van der Waals surface area contributed by atoms with Gasteiger partial charge < -0.3 is 0 Å². The van der Waals surface area contributed by atoms with Crippen LogP contribution in [0.5, 0.6) is 0 Å². The number of benzene rings is 4. The smallest absolute Gasteiger partial charge is 0.165 e. The molecular formula is C52H68SiZr. The van der Waals surface area contributed by atoms with Crippen LogP contribution in [0.25, 0.3) is 43.8 Å². The Bertz CT molecular complexity index is 1970. The van der Waals surface area contributed by atoms with E-state index in [1.165, 1.54) is 88.3 Å². The standard InChI is InChI=1S/2C25H31.C2H6Si.Zr/c2*1-16-9-18-10-17(2)12-23(22(18)11-16)19-13-20(24(3,4)5)15-21(14-19)25(6,7)8;1-3-2;/h2*9-15H,1-8H3;1-2H3;/q2*-1;;+2. The van der Waals surface area contributed by atoms with E-state index >= 15 is 0 Å². The Morgan fingerprint density at radius 2 is 0.648 bits per heavy atom. The van der Waals surface area contributed by atoms with Gasteiger partial charge in [0.15, 0.2) is 0 Å². The quantitative estimate of drug-likeness (QED) is 0.121. The van der Waals surface area contributed by atoms with Crippen LogP contribution in [-0.4, -0.2) is 9.52 Å². The van der Waals surface area contributed by atoms with Crippen LogP contribution >= 0.6 is 0 Å². The fourth-order valence-electron chi connectivity index (χ4n) is 7.02. The van der Waals surface area contributed by atoms with E-state index < -0.39 is 0 Å². The zero-order valence-corrected chi connectivity index (χ0v) is 40.5. The van der Waals surface area contributed by atoms with Crippen molar-refractivity contribution in [3.8, 4) is 22.3 Å². The van der Waals surface area contributed by atoms with Crippen LogP contribution in [0.1, 0.15) is 128 Å². The Hall–Kier alpha value is -2.80. The maximum absolute atomic E-state index is 2.40. The summed E-state index contributed by atoms with van der Waals surface area (Å²) in [5.41, 5.74) is 16.9. The average Bonchev–Trinajstić information content (AvgIpc) is 3.59. The Morgan fingerprint density at radius 3 is 0.889 bits per heavy atom. The Balaban J connectivity index is 0.000000266. The summed E-state index contributed by atoms with van der Waals surface area (Å²) < 4.78 is 0. The molecular weight excluding hydrogens is 744 g/mol. The third kappa shape index (κ3) is 11.2. The molecule has 0 aliphatic rings. The van der Waals surface area contributed by atoms with Gasteiger partial charge in [0.25, 0.3) is 0 Å². The minimum absolute atomic E-state index is 0. The summed E-state index contributed by atoms with van der Waals surface area (Å²) in [6, 6.07) is 32.9. The maximum Gasteiger partial charge on any atom is 2.00 e. The molecule has 2 radical (unpaired) electrons. The van der Waals surface area contributed by atoms with Gasteiger partial charge in [-0.3, -0.25) is 0 Å². The number of fused-ring (bicyclic) bond motifs is 2. The van der Waals surface area contributed by atoms with Crippen molar-refractivity contribution < 1.29 is 26.2 Å². The van der Waals surface area contributed by atoms with Crippen molar-refractivity contribution in [3.05, 3.63) is 129 Å². The molecule has 0 aromatic heterocycles. The third-order valence-electron chi connectivity index (χ3n) is 10.2. The van der Waals surface area contributed by atoms with E-state index in [1.54, 1.807) is 0 Å². The molecule has 6 aromatic carbocycles. The normalized spacial score (nSPS) is 12.2. The summed E-state index contributed by atoms with van der Waals surface area (Å²) in [4.78, 5) is 0. The molecule has 0 atom stereocenters. The number of hydrogen-bond acceptors (Lipinski definition) is 0. The van der Waals surface area contributed by atoms with Gasteiger partial charge in [-0.25, -0.2) is 0 Å². The predicted molar refractivity (Wildman–Crippen MR) is 241 cm³/mol. The molecule has 0 heterocycles. The summed E-state index contributed by atoms with van der Waals surface area (Å²) in [6.45, 7) is 40.7. The molecule has 54 heavy (non-hydrogen) atoms. The second-order valence-electron chi connectivity index (χ2n) is 19.8. The Kier molecular flexibility index (Phi) is 14.5. The van der Waals surface area contributed by atoms with Gasteiger partial charge in [0.2, 0.25) is 0 Å². The third-order valence-corrected chi connectivity index (χ3v) is 10.2. The molecule has 0 unspecified atom stereocenters. The summed E-state index contributed by atoms with van der Waals surface area (Å²) in [5, 5.41) is 5.44. The minimum Gasteiger partial charge on any atom is -0.165 e. The summed E-state index contributed by atoms with van der Waals surface area (Å²) in [6.07, 6.45) is 0. The summed E-state index contributed by atoms with van der Waals surface area (Å²) in [7, 11) is 1.08. The molecule has 0 aliphatic heterocycles. The van der Waals surface area contributed by atoms with Gasteiger partial charge in [-0.1, -0.05) is 181 Å². The topological polar surface area (TPSA) is 0 Å². The summed E-state index contributed by atoms with van der Waals surface area (Å²) >= 11 is 0. The zero-order valence-electron chi connectivity index (χ0n) is 37.1. The van der Waals surface area contributed by atoms with Crippen LogP contribution in [0.4, 0.5) is 0 Å². The maximum atomic E-state index is 2.40. The first kappa shape index (κ1) is 45.6. The van der Waals surface area contributed by atoms with Gasteiger partial charge in [-0.05, 0) is 68.9 Å². The van der Waals surface area contributed by atoms with Gasteiger partial charge in [-0.15, -0.1) is 56.9 Å². The average molecular weight is 812 g/mol. The Morgan fingerprint density at radius 1 is 0.389 bits per heavy atom. The van der Waals surface area contributed by atoms with E-state index in [1.807, 2.05) is 0 Å². The van der Waals surface area contributed by atoms with E-state index in [9.17, 15) is 0 Å². The first-order valence-electron chi connectivity index (χ1n) is 19.6. The molecule has 0 bridgehead atoms. The predicted octanol–water partition coefficient (Wildman–Crippen LogP) is 15.7. The fourth-order valence-corrected chi connectivity index (χ4v) is 7.02. The largest absolute Gasteiger partial charge is 2.00 e. The van der Waals surface area contributed by atoms with Crippen molar-refractivity contribution in [3.63, 3.8) is 0 Å². The van der Waals surface area contributed by atoms with Crippen molar-refractivity contribution in [1.82, 2.24) is 0 Å². The van der Waals surface area contributed by atoms with Crippen molar-refractivity contribution >= 4 is 31.1 Å². The molecule has 6 rings (SSSR count). The van der Waals surface area contributed by atoms with Crippen molar-refractivity contribution in [2.45, 2.75) is 146 Å². The van der Waals surface area contributed by atoms with Crippen LogP contribution in [0.2, 0.25) is 13.1 Å². The molecule has 0 saturated heterocycles. The van der Waals surface area contributed by atoms with Gasteiger partial charge in [-0.2, -0.15) is 12.1 Å². The van der Waals surface area contributed by atoms with E-state index in [0.29, 0.717) is 0 Å². The second kappa shape index (κ2) is 17.1. The van der Waals surface area contributed by atoms with Gasteiger partial charge in [0, 0.05) is 9.52 Å². The van der Waals surface area contributed by atoms with E-state index in [2.05, 4.69) is 209 Å². The second-order valence-corrected chi connectivity index (χ2v) is 20.8. The van der Waals surface area contributed by atoms with Crippen molar-refractivity contribution in [1.29, 1.82) is 0 Å². The molecule has 0 N–H and O–H groups in total. The Labute approximate surface area is 352 Å². The van der Waals surface area contributed by atoms with Crippen LogP contribution in [-0.2, 0) is 47.9 Å². The van der Waals surface area contributed by atoms with Gasteiger partial charge in [0.1, 0.15) is 0 Å². The monoisotopic (exact) mass is 810 g/mol. The van der Waals surface area contributed by atoms with Crippen LogP contribution in [0, 0.1) is 27.7 Å². The van der Waals surface area contributed by atoms with Gasteiger partial charge in [0.05, 0.1) is 0 Å². The minimum atomic E-state index is 0. The molecule has 2 heteroatoms. The SMILES string of the molecule is C[Si]C.Cc1cc(-c2cc(C(C)(C)C)cc(C(C)(C)C)c2)c2cc(C)[cH-]c2c1.Cc1cc(-c2cc(C(C)(C)C)cc(C(C)(C)C)c2)c2cc(C)[cH-]c2c1.[Zr+2]. The fraction of sp³-hybridized carbons (Fsp3) is 0.423. The first-order valence-corrected chi connectivity index (χ1v) is 21.6. The van der Waals surface area contributed by atoms with Crippen molar-refractivity contribution in [2.75, 3.05) is 0 Å². The van der Waals surface area contributed by atoms with E-state index in [4.69, 9.17) is 0 Å².